The second kappa shape index (κ2) is 8.10. The molecule has 4 rings (SSSR count). The second-order valence-electron chi connectivity index (χ2n) is 6.22. The normalized spacial score (nSPS) is 10.8. The van der Waals surface area contributed by atoms with Crippen molar-refractivity contribution >= 4 is 17.6 Å². The molecule has 2 aromatic heterocycles. The van der Waals surface area contributed by atoms with E-state index in [1.165, 1.54) is 6.20 Å². The van der Waals surface area contributed by atoms with E-state index in [4.69, 9.17) is 16.3 Å². The zero-order valence-electron chi connectivity index (χ0n) is 14.9. The summed E-state index contributed by atoms with van der Waals surface area (Å²) >= 11 is 6.17. The number of benzene rings is 2. The maximum atomic E-state index is 12.3. The zero-order valence-corrected chi connectivity index (χ0v) is 15.7. The van der Waals surface area contributed by atoms with E-state index in [0.29, 0.717) is 17.1 Å². The summed E-state index contributed by atoms with van der Waals surface area (Å²) in [5.41, 5.74) is 3.07. The van der Waals surface area contributed by atoms with Crippen molar-refractivity contribution in [3.63, 3.8) is 0 Å². The fourth-order valence-corrected chi connectivity index (χ4v) is 2.94. The number of aromatic nitrogens is 4. The summed E-state index contributed by atoms with van der Waals surface area (Å²) in [6, 6.07) is 17.3. The van der Waals surface area contributed by atoms with Gasteiger partial charge in [0.1, 0.15) is 6.61 Å². The van der Waals surface area contributed by atoms with E-state index in [9.17, 15) is 4.79 Å². The minimum absolute atomic E-state index is 0.140. The maximum Gasteiger partial charge on any atom is 0.341 e. The molecule has 2 heterocycles. The summed E-state index contributed by atoms with van der Waals surface area (Å²) in [6.45, 7) is 0.623. The molecule has 0 amide bonds. The molecule has 6 nitrogen and oxygen atoms in total. The topological polar surface area (TPSA) is 61.9 Å². The van der Waals surface area contributed by atoms with Gasteiger partial charge in [-0.2, -0.15) is 10.2 Å². The van der Waals surface area contributed by atoms with Crippen LogP contribution in [-0.4, -0.2) is 25.5 Å². The average Bonchev–Trinajstić information content (AvgIpc) is 3.38. The third kappa shape index (κ3) is 4.13. The number of ether oxygens (including phenoxy) is 1. The van der Waals surface area contributed by atoms with Gasteiger partial charge < -0.3 is 4.74 Å². The third-order valence-corrected chi connectivity index (χ3v) is 4.55. The zero-order chi connectivity index (χ0) is 19.3. The van der Waals surface area contributed by atoms with Crippen LogP contribution in [0.5, 0.6) is 0 Å². The number of hydrogen-bond acceptors (Lipinski definition) is 4. The van der Waals surface area contributed by atoms with Crippen LogP contribution < -0.4 is 0 Å². The van der Waals surface area contributed by atoms with Crippen molar-refractivity contribution in [3.8, 4) is 5.69 Å². The lowest BCUT2D eigenvalue weighted by Crippen LogP contribution is -2.04. The van der Waals surface area contributed by atoms with Crippen LogP contribution in [0.25, 0.3) is 5.69 Å². The van der Waals surface area contributed by atoms with Crippen LogP contribution in [0.3, 0.4) is 0 Å². The van der Waals surface area contributed by atoms with Crippen LogP contribution >= 0.6 is 11.6 Å². The molecule has 7 heteroatoms. The van der Waals surface area contributed by atoms with E-state index in [-0.39, 0.29) is 6.61 Å². The number of carbonyl (C=O) groups is 1. The predicted molar refractivity (Wildman–Crippen MR) is 105 cm³/mol. The molecule has 28 heavy (non-hydrogen) atoms. The summed E-state index contributed by atoms with van der Waals surface area (Å²) in [5.74, 6) is -0.433. The molecule has 0 aliphatic carbocycles. The summed E-state index contributed by atoms with van der Waals surface area (Å²) in [6.07, 6.45) is 6.66. The van der Waals surface area contributed by atoms with E-state index in [0.717, 1.165) is 16.8 Å². The SMILES string of the molecule is O=C(OCc1cnn(-c2ccccc2)c1)c1cnn(Cc2ccccc2Cl)c1. The Kier molecular flexibility index (Phi) is 5.21. The van der Waals surface area contributed by atoms with Crippen molar-refractivity contribution in [1.29, 1.82) is 0 Å². The Balaban J connectivity index is 1.36. The smallest absolute Gasteiger partial charge is 0.341 e. The largest absolute Gasteiger partial charge is 0.457 e. The summed E-state index contributed by atoms with van der Waals surface area (Å²) < 4.78 is 8.78. The van der Waals surface area contributed by atoms with Gasteiger partial charge in [0.25, 0.3) is 0 Å². The highest BCUT2D eigenvalue weighted by atomic mass is 35.5. The van der Waals surface area contributed by atoms with E-state index in [1.807, 2.05) is 60.8 Å². The summed E-state index contributed by atoms with van der Waals surface area (Å²) in [4.78, 5) is 12.3. The van der Waals surface area contributed by atoms with E-state index >= 15 is 0 Å². The van der Waals surface area contributed by atoms with E-state index in [2.05, 4.69) is 10.2 Å². The Bertz CT molecular complexity index is 1090. The summed E-state index contributed by atoms with van der Waals surface area (Å²) in [7, 11) is 0. The number of hydrogen-bond donors (Lipinski definition) is 0. The Hall–Kier alpha value is -3.38. The van der Waals surface area contributed by atoms with Crippen molar-refractivity contribution in [1.82, 2.24) is 19.6 Å². The fourth-order valence-electron chi connectivity index (χ4n) is 2.75. The van der Waals surface area contributed by atoms with Gasteiger partial charge in [0.2, 0.25) is 0 Å². The molecule has 4 aromatic rings. The van der Waals surface area contributed by atoms with Gasteiger partial charge in [-0.25, -0.2) is 9.48 Å². The minimum Gasteiger partial charge on any atom is -0.457 e. The summed E-state index contributed by atoms with van der Waals surface area (Å²) in [5, 5.41) is 9.17. The van der Waals surface area contributed by atoms with Crippen molar-refractivity contribution < 1.29 is 9.53 Å². The van der Waals surface area contributed by atoms with Gasteiger partial charge in [0.15, 0.2) is 0 Å². The number of halogens is 1. The molecule has 0 bridgehead atoms. The van der Waals surface area contributed by atoms with Crippen LogP contribution in [0.2, 0.25) is 5.02 Å². The number of para-hydroxylation sites is 1. The van der Waals surface area contributed by atoms with Gasteiger partial charge in [-0.3, -0.25) is 4.68 Å². The third-order valence-electron chi connectivity index (χ3n) is 4.19. The average molecular weight is 393 g/mol. The Morgan fingerprint density at radius 1 is 0.964 bits per heavy atom. The molecule has 140 valence electrons. The first-order valence-corrected chi connectivity index (χ1v) is 9.09. The molecule has 2 aromatic carbocycles. The fraction of sp³-hybridized carbons (Fsp3) is 0.0952. The second-order valence-corrected chi connectivity index (χ2v) is 6.63. The Morgan fingerprint density at radius 3 is 2.57 bits per heavy atom. The number of rotatable bonds is 6. The van der Waals surface area contributed by atoms with E-state index < -0.39 is 5.97 Å². The van der Waals surface area contributed by atoms with Gasteiger partial charge in [0, 0.05) is 23.0 Å². The van der Waals surface area contributed by atoms with Crippen molar-refractivity contribution in [2.45, 2.75) is 13.2 Å². The van der Waals surface area contributed by atoms with Crippen LogP contribution in [-0.2, 0) is 17.9 Å². The molecular weight excluding hydrogens is 376 g/mol. The molecule has 0 N–H and O–H groups in total. The highest BCUT2D eigenvalue weighted by Gasteiger charge is 2.12. The molecule has 0 aliphatic heterocycles. The molecule has 0 fully saturated rings. The molecule has 0 radical (unpaired) electrons. The van der Waals surface area contributed by atoms with Gasteiger partial charge in [-0.15, -0.1) is 0 Å². The first-order valence-electron chi connectivity index (χ1n) is 8.71. The molecule has 0 aliphatic rings. The van der Waals surface area contributed by atoms with Gasteiger partial charge >= 0.3 is 5.97 Å². The number of esters is 1. The lowest BCUT2D eigenvalue weighted by atomic mass is 10.2. The van der Waals surface area contributed by atoms with Crippen LogP contribution in [0.1, 0.15) is 21.5 Å². The Morgan fingerprint density at radius 2 is 1.75 bits per heavy atom. The first kappa shape index (κ1) is 18.0. The number of carbonyl (C=O) groups excluding carboxylic acids is 1. The van der Waals surface area contributed by atoms with Crippen LogP contribution in [0.15, 0.2) is 79.4 Å². The lowest BCUT2D eigenvalue weighted by molar-refractivity contribution is 0.0472. The predicted octanol–water partition coefficient (Wildman–Crippen LogP) is 4.13. The van der Waals surface area contributed by atoms with Crippen LogP contribution in [0.4, 0.5) is 0 Å². The van der Waals surface area contributed by atoms with Crippen molar-refractivity contribution in [2.75, 3.05) is 0 Å². The highest BCUT2D eigenvalue weighted by molar-refractivity contribution is 6.31. The Labute approximate surface area is 166 Å². The maximum absolute atomic E-state index is 12.3. The molecular formula is C21H17ClN4O2. The number of nitrogens with zero attached hydrogens (tertiary/aromatic N) is 4. The quantitative estimate of drug-likeness (QED) is 0.463. The lowest BCUT2D eigenvalue weighted by Gasteiger charge is -2.04. The molecule has 0 spiro atoms. The molecule has 0 atom stereocenters. The first-order chi connectivity index (χ1) is 13.7. The monoisotopic (exact) mass is 392 g/mol. The van der Waals surface area contributed by atoms with Crippen LogP contribution in [0, 0.1) is 0 Å². The van der Waals surface area contributed by atoms with Gasteiger partial charge in [0.05, 0.1) is 30.2 Å². The van der Waals surface area contributed by atoms with Crippen molar-refractivity contribution in [3.05, 3.63) is 101 Å². The molecule has 0 unspecified atom stereocenters. The molecule has 0 saturated carbocycles. The standard InChI is InChI=1S/C21H17ClN4O2/c22-20-9-5-4-6-17(20)13-25-14-18(11-23-25)21(27)28-15-16-10-24-26(12-16)19-7-2-1-3-8-19/h1-12,14H,13,15H2. The van der Waals surface area contributed by atoms with E-state index in [1.54, 1.807) is 21.8 Å². The van der Waals surface area contributed by atoms with Gasteiger partial charge in [-0.1, -0.05) is 48.0 Å². The van der Waals surface area contributed by atoms with Gasteiger partial charge in [-0.05, 0) is 23.8 Å². The van der Waals surface area contributed by atoms with Crippen molar-refractivity contribution in [2.24, 2.45) is 0 Å². The highest BCUT2D eigenvalue weighted by Crippen LogP contribution is 2.16. The molecule has 0 saturated heterocycles. The minimum atomic E-state index is -0.433.